The van der Waals surface area contributed by atoms with Gasteiger partial charge in [-0.05, 0) is 29.9 Å². The molecule has 0 unspecified atom stereocenters. The maximum atomic E-state index is 11.4. The van der Waals surface area contributed by atoms with Crippen molar-refractivity contribution >= 4 is 46.6 Å². The normalized spacial score (nSPS) is 16.6. The first kappa shape index (κ1) is 12.5. The number of carbonyl (C=O) groups excluding carboxylic acids is 1. The van der Waals surface area contributed by atoms with Gasteiger partial charge < -0.3 is 5.32 Å². The molecule has 0 atom stereocenters. The highest BCUT2D eigenvalue weighted by Gasteiger charge is 2.20. The van der Waals surface area contributed by atoms with E-state index in [1.165, 1.54) is 18.2 Å². The molecule has 1 amide bonds. The quantitative estimate of drug-likeness (QED) is 0.373. The Bertz CT molecular complexity index is 600. The summed E-state index contributed by atoms with van der Waals surface area (Å²) in [6, 6.07) is 4.25. The molecule has 1 fully saturated rings. The SMILES string of the molecule is O=C1NC(=S)N/C1=C/c1ccc(Cl)c([N+](=O)[O-])c1. The maximum Gasteiger partial charge on any atom is 0.288 e. The van der Waals surface area contributed by atoms with Gasteiger partial charge in [0.05, 0.1) is 4.92 Å². The molecule has 1 aliphatic heterocycles. The van der Waals surface area contributed by atoms with Crippen molar-refractivity contribution < 1.29 is 9.72 Å². The number of hydrogen-bond acceptors (Lipinski definition) is 4. The van der Waals surface area contributed by atoms with Crippen molar-refractivity contribution in [3.05, 3.63) is 44.6 Å². The van der Waals surface area contributed by atoms with Crippen molar-refractivity contribution in [3.8, 4) is 0 Å². The maximum absolute atomic E-state index is 11.4. The van der Waals surface area contributed by atoms with Crippen LogP contribution < -0.4 is 10.6 Å². The molecule has 0 bridgehead atoms. The van der Waals surface area contributed by atoms with E-state index in [4.69, 9.17) is 23.8 Å². The summed E-state index contributed by atoms with van der Waals surface area (Å²) in [4.78, 5) is 21.5. The van der Waals surface area contributed by atoms with Gasteiger partial charge in [-0.25, -0.2) is 0 Å². The van der Waals surface area contributed by atoms with Crippen molar-refractivity contribution in [2.75, 3.05) is 0 Å². The molecule has 1 heterocycles. The molecule has 0 aromatic heterocycles. The molecule has 2 N–H and O–H groups in total. The van der Waals surface area contributed by atoms with Crippen molar-refractivity contribution in [2.45, 2.75) is 0 Å². The Hall–Kier alpha value is -1.99. The van der Waals surface area contributed by atoms with Crippen LogP contribution in [0.2, 0.25) is 5.02 Å². The zero-order valence-electron chi connectivity index (χ0n) is 8.77. The van der Waals surface area contributed by atoms with E-state index in [-0.39, 0.29) is 27.4 Å². The Kier molecular flexibility index (Phi) is 3.26. The second kappa shape index (κ2) is 4.71. The van der Waals surface area contributed by atoms with E-state index in [2.05, 4.69) is 10.6 Å². The minimum Gasteiger partial charge on any atom is -0.328 e. The molecule has 0 radical (unpaired) electrons. The molecule has 1 aromatic carbocycles. The molecule has 2 rings (SSSR count). The van der Waals surface area contributed by atoms with Gasteiger partial charge in [0.2, 0.25) is 0 Å². The minimum atomic E-state index is -0.586. The monoisotopic (exact) mass is 283 g/mol. The van der Waals surface area contributed by atoms with Gasteiger partial charge in [-0.3, -0.25) is 20.2 Å². The Balaban J connectivity index is 2.38. The first-order valence-corrected chi connectivity index (χ1v) is 5.54. The number of carbonyl (C=O) groups is 1. The summed E-state index contributed by atoms with van der Waals surface area (Å²) in [6.07, 6.45) is 1.46. The first-order chi connectivity index (χ1) is 8.47. The smallest absolute Gasteiger partial charge is 0.288 e. The molecule has 0 saturated carbocycles. The third-order valence-electron chi connectivity index (χ3n) is 2.20. The van der Waals surface area contributed by atoms with Crippen molar-refractivity contribution in [3.63, 3.8) is 0 Å². The lowest BCUT2D eigenvalue weighted by molar-refractivity contribution is -0.384. The van der Waals surface area contributed by atoms with Crippen LogP contribution in [0.1, 0.15) is 5.56 Å². The highest BCUT2D eigenvalue weighted by Crippen LogP contribution is 2.26. The van der Waals surface area contributed by atoms with Crippen LogP contribution in [0, 0.1) is 10.1 Å². The van der Waals surface area contributed by atoms with Gasteiger partial charge in [-0.15, -0.1) is 0 Å². The standard InChI is InChI=1S/C10H6ClN3O3S/c11-6-2-1-5(4-8(6)14(16)17)3-7-9(15)13-10(18)12-7/h1-4H,(H2,12,13,15,18)/b7-3+. The Morgan fingerprint density at radius 3 is 2.67 bits per heavy atom. The molecule has 18 heavy (non-hydrogen) atoms. The zero-order valence-corrected chi connectivity index (χ0v) is 10.3. The van der Waals surface area contributed by atoms with Gasteiger partial charge in [0.1, 0.15) is 10.7 Å². The summed E-state index contributed by atoms with van der Waals surface area (Å²) in [7, 11) is 0. The summed E-state index contributed by atoms with van der Waals surface area (Å²) >= 11 is 10.4. The number of nitrogens with one attached hydrogen (secondary N) is 2. The predicted molar refractivity (Wildman–Crippen MR) is 70.0 cm³/mol. The second-order valence-electron chi connectivity index (χ2n) is 3.43. The summed E-state index contributed by atoms with van der Waals surface area (Å²) in [5, 5.41) is 16.0. The topological polar surface area (TPSA) is 84.3 Å². The van der Waals surface area contributed by atoms with Crippen LogP contribution >= 0.6 is 23.8 Å². The van der Waals surface area contributed by atoms with E-state index < -0.39 is 4.92 Å². The lowest BCUT2D eigenvalue weighted by atomic mass is 10.1. The van der Waals surface area contributed by atoms with Gasteiger partial charge in [0.15, 0.2) is 5.11 Å². The molecule has 6 nitrogen and oxygen atoms in total. The van der Waals surface area contributed by atoms with E-state index in [0.29, 0.717) is 5.56 Å². The number of benzene rings is 1. The van der Waals surface area contributed by atoms with Crippen LogP contribution in [-0.2, 0) is 4.79 Å². The summed E-state index contributed by atoms with van der Waals surface area (Å²) in [5.74, 6) is -0.377. The second-order valence-corrected chi connectivity index (χ2v) is 4.25. The number of halogens is 1. The highest BCUT2D eigenvalue weighted by atomic mass is 35.5. The van der Waals surface area contributed by atoms with Gasteiger partial charge in [-0.1, -0.05) is 17.7 Å². The van der Waals surface area contributed by atoms with Crippen molar-refractivity contribution in [1.82, 2.24) is 10.6 Å². The van der Waals surface area contributed by atoms with Crippen molar-refractivity contribution in [2.24, 2.45) is 0 Å². The fraction of sp³-hybridized carbons (Fsp3) is 0. The number of hydrogen-bond donors (Lipinski definition) is 2. The summed E-state index contributed by atoms with van der Waals surface area (Å²) in [5.41, 5.74) is 0.497. The van der Waals surface area contributed by atoms with Crippen LogP contribution in [0.5, 0.6) is 0 Å². The van der Waals surface area contributed by atoms with Crippen molar-refractivity contribution in [1.29, 1.82) is 0 Å². The third kappa shape index (κ3) is 2.47. The molecule has 0 spiro atoms. The van der Waals surface area contributed by atoms with E-state index in [1.54, 1.807) is 6.07 Å². The van der Waals surface area contributed by atoms with Crippen LogP contribution in [0.15, 0.2) is 23.9 Å². The van der Waals surface area contributed by atoms with E-state index >= 15 is 0 Å². The molecular formula is C10H6ClN3O3S. The highest BCUT2D eigenvalue weighted by molar-refractivity contribution is 7.80. The number of nitro groups is 1. The van der Waals surface area contributed by atoms with E-state index in [0.717, 1.165) is 0 Å². The Morgan fingerprint density at radius 1 is 1.39 bits per heavy atom. The van der Waals surface area contributed by atoms with Crippen LogP contribution in [0.25, 0.3) is 6.08 Å². The van der Waals surface area contributed by atoms with Crippen LogP contribution in [0.4, 0.5) is 5.69 Å². The lowest BCUT2D eigenvalue weighted by Gasteiger charge is -1.99. The van der Waals surface area contributed by atoms with Gasteiger partial charge in [-0.2, -0.15) is 0 Å². The number of nitrogens with zero attached hydrogens (tertiary/aromatic N) is 1. The molecule has 1 saturated heterocycles. The summed E-state index contributed by atoms with van der Waals surface area (Å²) in [6.45, 7) is 0. The van der Waals surface area contributed by atoms with Gasteiger partial charge >= 0.3 is 0 Å². The zero-order chi connectivity index (χ0) is 13.3. The molecule has 0 aliphatic carbocycles. The Labute approximate surface area is 112 Å². The molecule has 1 aliphatic rings. The van der Waals surface area contributed by atoms with Gasteiger partial charge in [0, 0.05) is 6.07 Å². The van der Waals surface area contributed by atoms with E-state index in [9.17, 15) is 14.9 Å². The number of nitro benzene ring substituents is 1. The fourth-order valence-corrected chi connectivity index (χ4v) is 1.80. The lowest BCUT2D eigenvalue weighted by Crippen LogP contribution is -2.21. The number of amides is 1. The van der Waals surface area contributed by atoms with Crippen LogP contribution in [-0.4, -0.2) is 15.9 Å². The number of rotatable bonds is 2. The molecular weight excluding hydrogens is 278 g/mol. The summed E-state index contributed by atoms with van der Waals surface area (Å²) < 4.78 is 0. The average molecular weight is 284 g/mol. The predicted octanol–water partition coefficient (Wildman–Crippen LogP) is 1.59. The molecule has 92 valence electrons. The van der Waals surface area contributed by atoms with Crippen LogP contribution in [0.3, 0.4) is 0 Å². The average Bonchev–Trinajstić information content (AvgIpc) is 2.60. The fourth-order valence-electron chi connectivity index (χ4n) is 1.41. The third-order valence-corrected chi connectivity index (χ3v) is 2.72. The Morgan fingerprint density at radius 2 is 2.11 bits per heavy atom. The van der Waals surface area contributed by atoms with E-state index in [1.807, 2.05) is 0 Å². The molecule has 1 aromatic rings. The number of thiocarbonyl (C=S) groups is 1. The first-order valence-electron chi connectivity index (χ1n) is 4.75. The van der Waals surface area contributed by atoms with Gasteiger partial charge in [0.25, 0.3) is 11.6 Å². The molecule has 8 heteroatoms. The minimum absolute atomic E-state index is 0.0431. The largest absolute Gasteiger partial charge is 0.328 e.